The highest BCUT2D eigenvalue weighted by molar-refractivity contribution is 5.88. The van der Waals surface area contributed by atoms with Crippen LogP contribution in [0.15, 0.2) is 65.5 Å². The number of benzene rings is 3. The smallest absolute Gasteiger partial charge is 0.413 e. The zero-order chi connectivity index (χ0) is 22.9. The first-order valence-electron chi connectivity index (χ1n) is 10.1. The Balaban J connectivity index is 1.51. The average Bonchev–Trinajstić information content (AvgIpc) is 3.23. The van der Waals surface area contributed by atoms with Gasteiger partial charge in [0.15, 0.2) is 0 Å². The van der Waals surface area contributed by atoms with E-state index in [1.165, 1.54) is 7.11 Å². The van der Waals surface area contributed by atoms with E-state index >= 15 is 4.39 Å². The number of methoxy groups -OCH3 is 1. The molecule has 3 aromatic carbocycles. The SMILES string of the molecule is COC(=O)Nc1nc2ccc(-c3cccc(Cc4n[nH]c(=O)c5ccccc45)c3F)cc2[nH]1. The lowest BCUT2D eigenvalue weighted by Gasteiger charge is -2.10. The van der Waals surface area contributed by atoms with E-state index in [0.717, 1.165) is 0 Å². The summed E-state index contributed by atoms with van der Waals surface area (Å²) in [6.07, 6.45) is -0.423. The van der Waals surface area contributed by atoms with Gasteiger partial charge in [-0.3, -0.25) is 10.1 Å². The van der Waals surface area contributed by atoms with Crippen LogP contribution < -0.4 is 10.9 Å². The topological polar surface area (TPSA) is 113 Å². The van der Waals surface area contributed by atoms with Crippen LogP contribution in [0.4, 0.5) is 15.1 Å². The van der Waals surface area contributed by atoms with Crippen molar-refractivity contribution in [3.8, 4) is 11.1 Å². The van der Waals surface area contributed by atoms with E-state index < -0.39 is 6.09 Å². The first-order valence-corrected chi connectivity index (χ1v) is 10.1. The number of hydrogen-bond acceptors (Lipinski definition) is 5. The van der Waals surface area contributed by atoms with Crippen LogP contribution in [0.1, 0.15) is 11.3 Å². The standard InChI is InChI=1S/C24H18FN5O3/c1-33-24(32)28-23-26-18-10-9-13(11-20(18)27-23)15-8-4-5-14(21(15)25)12-19-16-6-2-3-7-17(16)22(31)30-29-19/h2-11H,12H2,1H3,(H,30,31)(H2,26,27,28,32). The Bertz CT molecular complexity index is 1570. The third-order valence-corrected chi connectivity index (χ3v) is 5.41. The maximum atomic E-state index is 15.5. The summed E-state index contributed by atoms with van der Waals surface area (Å²) in [5.74, 6) is -0.138. The minimum Gasteiger partial charge on any atom is -0.453 e. The highest BCUT2D eigenvalue weighted by Crippen LogP contribution is 2.29. The molecule has 0 aliphatic carbocycles. The molecule has 0 unspecified atom stereocenters. The molecule has 0 aliphatic heterocycles. The first-order chi connectivity index (χ1) is 16.0. The van der Waals surface area contributed by atoms with Crippen LogP contribution in [0.2, 0.25) is 0 Å². The number of carbonyl (C=O) groups excluding carboxylic acids is 1. The number of ether oxygens (including phenoxy) is 1. The molecule has 8 nitrogen and oxygen atoms in total. The van der Waals surface area contributed by atoms with E-state index in [-0.39, 0.29) is 23.7 Å². The molecule has 1 amide bonds. The van der Waals surface area contributed by atoms with Crippen LogP contribution in [0, 0.1) is 5.82 Å². The predicted octanol–water partition coefficient (Wildman–Crippen LogP) is 4.37. The molecule has 164 valence electrons. The van der Waals surface area contributed by atoms with E-state index in [2.05, 4.69) is 30.2 Å². The molecule has 0 fully saturated rings. The second kappa shape index (κ2) is 8.19. The van der Waals surface area contributed by atoms with Crippen molar-refractivity contribution in [1.82, 2.24) is 20.2 Å². The van der Waals surface area contributed by atoms with Gasteiger partial charge in [0.1, 0.15) is 5.82 Å². The number of halogens is 1. The zero-order valence-corrected chi connectivity index (χ0v) is 17.5. The number of nitrogens with zero attached hydrogens (tertiary/aromatic N) is 2. The lowest BCUT2D eigenvalue weighted by Crippen LogP contribution is -2.11. The van der Waals surface area contributed by atoms with E-state index in [1.54, 1.807) is 54.6 Å². The van der Waals surface area contributed by atoms with Gasteiger partial charge in [-0.05, 0) is 29.3 Å². The van der Waals surface area contributed by atoms with Gasteiger partial charge in [0.2, 0.25) is 5.95 Å². The Labute approximate surface area is 186 Å². The van der Waals surface area contributed by atoms with Crippen LogP contribution in [0.25, 0.3) is 32.9 Å². The molecule has 0 saturated carbocycles. The number of rotatable bonds is 4. The Morgan fingerprint density at radius 1 is 1.09 bits per heavy atom. The van der Waals surface area contributed by atoms with Crippen LogP contribution >= 0.6 is 0 Å². The summed E-state index contributed by atoms with van der Waals surface area (Å²) >= 11 is 0. The Hall–Kier alpha value is -4.53. The summed E-state index contributed by atoms with van der Waals surface area (Å²) in [7, 11) is 1.26. The minimum atomic E-state index is -0.642. The van der Waals surface area contributed by atoms with Crippen molar-refractivity contribution < 1.29 is 13.9 Å². The molecule has 5 aromatic rings. The second-order valence-corrected chi connectivity index (χ2v) is 7.43. The molecule has 0 bridgehead atoms. The highest BCUT2D eigenvalue weighted by Gasteiger charge is 2.15. The van der Waals surface area contributed by atoms with E-state index in [1.807, 2.05) is 6.07 Å². The van der Waals surface area contributed by atoms with Crippen LogP contribution in [-0.2, 0) is 11.2 Å². The third-order valence-electron chi connectivity index (χ3n) is 5.41. The summed E-state index contributed by atoms with van der Waals surface area (Å²) in [6, 6.07) is 17.6. The molecule has 9 heteroatoms. The molecule has 2 aromatic heterocycles. The largest absolute Gasteiger partial charge is 0.453 e. The summed E-state index contributed by atoms with van der Waals surface area (Å²) in [4.78, 5) is 30.7. The van der Waals surface area contributed by atoms with Gasteiger partial charge in [-0.2, -0.15) is 5.10 Å². The molecular weight excluding hydrogens is 425 g/mol. The molecular formula is C24H18FN5O3. The molecule has 2 heterocycles. The lowest BCUT2D eigenvalue weighted by molar-refractivity contribution is 0.186. The van der Waals surface area contributed by atoms with Crippen molar-refractivity contribution in [2.45, 2.75) is 6.42 Å². The summed E-state index contributed by atoms with van der Waals surface area (Å²) < 4.78 is 20.1. The number of aromatic amines is 2. The van der Waals surface area contributed by atoms with Crippen molar-refractivity contribution in [2.24, 2.45) is 0 Å². The Kier molecular flexibility index (Phi) is 5.06. The summed E-state index contributed by atoms with van der Waals surface area (Å²) in [5.41, 5.74) is 3.08. The molecule has 3 N–H and O–H groups in total. The van der Waals surface area contributed by atoms with Crippen molar-refractivity contribution in [2.75, 3.05) is 12.4 Å². The fourth-order valence-electron chi connectivity index (χ4n) is 3.81. The maximum absolute atomic E-state index is 15.5. The van der Waals surface area contributed by atoms with Gasteiger partial charge in [0.25, 0.3) is 5.56 Å². The Morgan fingerprint density at radius 3 is 2.73 bits per heavy atom. The molecule has 0 radical (unpaired) electrons. The van der Waals surface area contributed by atoms with Crippen molar-refractivity contribution in [1.29, 1.82) is 0 Å². The molecule has 0 spiro atoms. The average molecular weight is 443 g/mol. The van der Waals surface area contributed by atoms with Gasteiger partial charge >= 0.3 is 6.09 Å². The number of H-pyrrole nitrogens is 2. The number of amides is 1. The van der Waals surface area contributed by atoms with Gasteiger partial charge < -0.3 is 9.72 Å². The van der Waals surface area contributed by atoms with Gasteiger partial charge in [0.05, 0.1) is 29.2 Å². The predicted molar refractivity (Wildman–Crippen MR) is 123 cm³/mol. The van der Waals surface area contributed by atoms with Gasteiger partial charge in [-0.1, -0.05) is 42.5 Å². The lowest BCUT2D eigenvalue weighted by atomic mass is 9.98. The van der Waals surface area contributed by atoms with Crippen LogP contribution in [0.5, 0.6) is 0 Å². The van der Waals surface area contributed by atoms with E-state index in [4.69, 9.17) is 0 Å². The number of hydrogen-bond donors (Lipinski definition) is 3. The molecule has 0 atom stereocenters. The Morgan fingerprint density at radius 2 is 1.91 bits per heavy atom. The van der Waals surface area contributed by atoms with Gasteiger partial charge in [-0.15, -0.1) is 0 Å². The number of nitrogens with one attached hydrogen (secondary N) is 3. The number of imidazole rings is 1. The van der Waals surface area contributed by atoms with Crippen molar-refractivity contribution in [3.05, 3.63) is 88.1 Å². The third kappa shape index (κ3) is 3.80. The first kappa shape index (κ1) is 20.4. The molecule has 5 rings (SSSR count). The molecule has 33 heavy (non-hydrogen) atoms. The second-order valence-electron chi connectivity index (χ2n) is 7.43. The highest BCUT2D eigenvalue weighted by atomic mass is 19.1. The fourth-order valence-corrected chi connectivity index (χ4v) is 3.81. The quantitative estimate of drug-likeness (QED) is 0.382. The van der Waals surface area contributed by atoms with Crippen molar-refractivity contribution >= 4 is 33.8 Å². The van der Waals surface area contributed by atoms with Crippen LogP contribution in [-0.4, -0.2) is 33.4 Å². The maximum Gasteiger partial charge on any atom is 0.413 e. The number of fused-ring (bicyclic) bond motifs is 2. The molecule has 0 saturated heterocycles. The zero-order valence-electron chi connectivity index (χ0n) is 17.5. The van der Waals surface area contributed by atoms with Crippen LogP contribution in [0.3, 0.4) is 0 Å². The van der Waals surface area contributed by atoms with Gasteiger partial charge in [-0.25, -0.2) is 19.3 Å². The van der Waals surface area contributed by atoms with Crippen molar-refractivity contribution in [3.63, 3.8) is 0 Å². The summed E-state index contributed by atoms with van der Waals surface area (Å²) in [5, 5.41) is 10.3. The van der Waals surface area contributed by atoms with E-state index in [9.17, 15) is 9.59 Å². The van der Waals surface area contributed by atoms with E-state index in [0.29, 0.717) is 44.2 Å². The summed E-state index contributed by atoms with van der Waals surface area (Å²) in [6.45, 7) is 0. The number of carbonyl (C=O) groups is 1. The normalized spacial score (nSPS) is 11.1. The van der Waals surface area contributed by atoms with Gasteiger partial charge in [0, 0.05) is 17.4 Å². The fraction of sp³-hybridized carbons (Fsp3) is 0.0833. The molecule has 0 aliphatic rings. The number of aromatic nitrogens is 4. The number of anilines is 1. The minimum absolute atomic E-state index is 0.219. The monoisotopic (exact) mass is 443 g/mol.